The van der Waals surface area contributed by atoms with E-state index in [0.29, 0.717) is 29.8 Å². The Labute approximate surface area is 181 Å². The molecule has 3 aromatic rings. The Kier molecular flexibility index (Phi) is 7.17. The first-order valence-corrected chi connectivity index (χ1v) is 9.95. The average molecular weight is 416 g/mol. The van der Waals surface area contributed by atoms with E-state index < -0.39 is 5.97 Å². The Morgan fingerprint density at radius 1 is 0.839 bits per heavy atom. The monoisotopic (exact) mass is 416 g/mol. The maximum Gasteiger partial charge on any atom is 0.308 e. The maximum absolute atomic E-state index is 12.7. The van der Waals surface area contributed by atoms with Gasteiger partial charge in [-0.25, -0.2) is 0 Å². The van der Waals surface area contributed by atoms with Crippen molar-refractivity contribution in [2.45, 2.75) is 26.7 Å². The first-order valence-electron chi connectivity index (χ1n) is 9.95. The first kappa shape index (κ1) is 21.8. The summed E-state index contributed by atoms with van der Waals surface area (Å²) in [4.78, 5) is 36.3. The maximum atomic E-state index is 12.7. The summed E-state index contributed by atoms with van der Waals surface area (Å²) >= 11 is 0. The smallest absolute Gasteiger partial charge is 0.308 e. The van der Waals surface area contributed by atoms with Crippen LogP contribution < -0.4 is 15.4 Å². The van der Waals surface area contributed by atoms with Gasteiger partial charge in [-0.1, -0.05) is 42.5 Å². The zero-order valence-electron chi connectivity index (χ0n) is 17.5. The normalized spacial score (nSPS) is 10.3. The van der Waals surface area contributed by atoms with Gasteiger partial charge in [0.25, 0.3) is 5.91 Å². The van der Waals surface area contributed by atoms with Crippen molar-refractivity contribution in [1.29, 1.82) is 0 Å². The number of benzene rings is 3. The molecule has 0 fully saturated rings. The van der Waals surface area contributed by atoms with Crippen LogP contribution in [0, 0.1) is 6.92 Å². The summed E-state index contributed by atoms with van der Waals surface area (Å²) in [6.45, 7) is 3.32. The second-order valence-electron chi connectivity index (χ2n) is 7.10. The number of hydrogen-bond acceptors (Lipinski definition) is 4. The number of aryl methyl sites for hydroxylation is 2. The molecule has 0 aliphatic heterocycles. The van der Waals surface area contributed by atoms with Gasteiger partial charge in [0.15, 0.2) is 0 Å². The number of amides is 2. The number of esters is 1. The molecule has 0 unspecified atom stereocenters. The van der Waals surface area contributed by atoms with Crippen LogP contribution in [-0.4, -0.2) is 17.8 Å². The molecule has 3 rings (SSSR count). The molecule has 0 aromatic heterocycles. The fourth-order valence-corrected chi connectivity index (χ4v) is 3.11. The molecule has 0 heterocycles. The van der Waals surface area contributed by atoms with E-state index in [9.17, 15) is 14.4 Å². The predicted octanol–water partition coefficient (Wildman–Crippen LogP) is 4.74. The number of rotatable bonds is 7. The number of hydrogen-bond donors (Lipinski definition) is 2. The number of carbonyl (C=O) groups excluding carboxylic acids is 3. The summed E-state index contributed by atoms with van der Waals surface area (Å²) in [6, 6.07) is 21.3. The minimum atomic E-state index is -0.462. The van der Waals surface area contributed by atoms with Gasteiger partial charge in [0.2, 0.25) is 5.91 Å². The zero-order valence-corrected chi connectivity index (χ0v) is 17.5. The highest BCUT2D eigenvalue weighted by Gasteiger charge is 2.12. The van der Waals surface area contributed by atoms with E-state index >= 15 is 0 Å². The summed E-state index contributed by atoms with van der Waals surface area (Å²) in [7, 11) is 0. The minimum absolute atomic E-state index is 0.137. The highest BCUT2D eigenvalue weighted by Crippen LogP contribution is 2.23. The molecule has 6 nitrogen and oxygen atoms in total. The third kappa shape index (κ3) is 6.27. The SMILES string of the molecule is CC(=O)Oc1cccc(C(=O)Nc2ccccc2NC(=O)CCc2ccccc2C)c1. The average Bonchev–Trinajstić information content (AvgIpc) is 2.74. The van der Waals surface area contributed by atoms with Gasteiger partial charge in [-0.15, -0.1) is 0 Å². The number of carbonyl (C=O) groups is 3. The van der Waals surface area contributed by atoms with Crippen LogP contribution >= 0.6 is 0 Å². The lowest BCUT2D eigenvalue weighted by Gasteiger charge is -2.13. The van der Waals surface area contributed by atoms with Crippen molar-refractivity contribution in [2.24, 2.45) is 0 Å². The van der Waals surface area contributed by atoms with Gasteiger partial charge >= 0.3 is 5.97 Å². The van der Waals surface area contributed by atoms with E-state index in [1.165, 1.54) is 13.0 Å². The Morgan fingerprint density at radius 2 is 1.52 bits per heavy atom. The Balaban J connectivity index is 1.66. The molecule has 0 aliphatic carbocycles. The van der Waals surface area contributed by atoms with E-state index in [0.717, 1.165) is 11.1 Å². The molecule has 158 valence electrons. The molecule has 6 heteroatoms. The minimum Gasteiger partial charge on any atom is -0.427 e. The topological polar surface area (TPSA) is 84.5 Å². The highest BCUT2D eigenvalue weighted by atomic mass is 16.5. The van der Waals surface area contributed by atoms with Crippen LogP contribution in [0.4, 0.5) is 11.4 Å². The van der Waals surface area contributed by atoms with Gasteiger partial charge in [0, 0.05) is 18.9 Å². The van der Waals surface area contributed by atoms with Crippen LogP contribution in [0.2, 0.25) is 0 Å². The van der Waals surface area contributed by atoms with Crippen molar-refractivity contribution in [1.82, 2.24) is 0 Å². The molecule has 2 N–H and O–H groups in total. The fraction of sp³-hybridized carbons (Fsp3) is 0.160. The summed E-state index contributed by atoms with van der Waals surface area (Å²) < 4.78 is 5.03. The number of nitrogens with one attached hydrogen (secondary N) is 2. The number of anilines is 2. The third-order valence-corrected chi connectivity index (χ3v) is 4.69. The van der Waals surface area contributed by atoms with Gasteiger partial charge in [0.05, 0.1) is 11.4 Å². The second kappa shape index (κ2) is 10.2. The van der Waals surface area contributed by atoms with E-state index in [2.05, 4.69) is 10.6 Å². The van der Waals surface area contributed by atoms with E-state index in [4.69, 9.17) is 4.74 Å². The molecule has 0 saturated heterocycles. The standard InChI is InChI=1S/C25H24N2O4/c1-17-8-3-4-9-19(17)14-15-24(29)26-22-12-5-6-13-23(22)27-25(30)20-10-7-11-21(16-20)31-18(2)28/h3-13,16H,14-15H2,1-2H3,(H,26,29)(H,27,30). The zero-order chi connectivity index (χ0) is 22.2. The molecule has 3 aromatic carbocycles. The lowest BCUT2D eigenvalue weighted by Crippen LogP contribution is -2.17. The van der Waals surface area contributed by atoms with Gasteiger partial charge < -0.3 is 15.4 Å². The largest absolute Gasteiger partial charge is 0.427 e. The molecule has 0 radical (unpaired) electrons. The molecule has 0 saturated carbocycles. The molecular weight excluding hydrogens is 392 g/mol. The molecule has 2 amide bonds. The molecule has 31 heavy (non-hydrogen) atoms. The molecule has 0 atom stereocenters. The summed E-state index contributed by atoms with van der Waals surface area (Å²) in [5.74, 6) is -0.688. The number of ether oxygens (including phenoxy) is 1. The summed E-state index contributed by atoms with van der Waals surface area (Å²) in [6.07, 6.45) is 0.966. The van der Waals surface area contributed by atoms with Crippen molar-refractivity contribution in [2.75, 3.05) is 10.6 Å². The Hall–Kier alpha value is -3.93. The fourth-order valence-electron chi connectivity index (χ4n) is 3.11. The van der Waals surface area contributed by atoms with Crippen molar-refractivity contribution in [3.05, 3.63) is 89.5 Å². The first-order chi connectivity index (χ1) is 14.9. The highest BCUT2D eigenvalue weighted by molar-refractivity contribution is 6.07. The Morgan fingerprint density at radius 3 is 2.23 bits per heavy atom. The van der Waals surface area contributed by atoms with E-state index in [1.54, 1.807) is 42.5 Å². The molecule has 0 spiro atoms. The van der Waals surface area contributed by atoms with Crippen LogP contribution in [0.5, 0.6) is 5.75 Å². The third-order valence-electron chi connectivity index (χ3n) is 4.69. The van der Waals surface area contributed by atoms with Gasteiger partial charge in [0.1, 0.15) is 5.75 Å². The molecule has 0 aliphatic rings. The van der Waals surface area contributed by atoms with Gasteiger partial charge in [-0.05, 0) is 54.8 Å². The van der Waals surface area contributed by atoms with Crippen LogP contribution in [0.15, 0.2) is 72.8 Å². The van der Waals surface area contributed by atoms with Crippen LogP contribution in [0.3, 0.4) is 0 Å². The summed E-state index contributed by atoms with van der Waals surface area (Å²) in [5.41, 5.74) is 3.61. The second-order valence-corrected chi connectivity index (χ2v) is 7.10. The van der Waals surface area contributed by atoms with Crippen molar-refractivity contribution >= 4 is 29.2 Å². The van der Waals surface area contributed by atoms with Crippen molar-refractivity contribution in [3.8, 4) is 5.75 Å². The quantitative estimate of drug-likeness (QED) is 0.430. The van der Waals surface area contributed by atoms with Crippen LogP contribution in [0.25, 0.3) is 0 Å². The van der Waals surface area contributed by atoms with Crippen LogP contribution in [-0.2, 0) is 16.0 Å². The van der Waals surface area contributed by atoms with Crippen LogP contribution in [0.1, 0.15) is 34.8 Å². The van der Waals surface area contributed by atoms with E-state index in [-0.39, 0.29) is 17.6 Å². The van der Waals surface area contributed by atoms with E-state index in [1.807, 2.05) is 31.2 Å². The van der Waals surface area contributed by atoms with Crippen molar-refractivity contribution in [3.63, 3.8) is 0 Å². The number of para-hydroxylation sites is 2. The lowest BCUT2D eigenvalue weighted by molar-refractivity contribution is -0.131. The van der Waals surface area contributed by atoms with Gasteiger partial charge in [-0.2, -0.15) is 0 Å². The molecule has 0 bridgehead atoms. The summed E-state index contributed by atoms with van der Waals surface area (Å²) in [5, 5.41) is 5.67. The van der Waals surface area contributed by atoms with Gasteiger partial charge in [-0.3, -0.25) is 14.4 Å². The molecular formula is C25H24N2O4. The lowest BCUT2D eigenvalue weighted by atomic mass is 10.0. The van der Waals surface area contributed by atoms with Crippen molar-refractivity contribution < 1.29 is 19.1 Å². The Bertz CT molecular complexity index is 1110. The predicted molar refractivity (Wildman–Crippen MR) is 120 cm³/mol.